The highest BCUT2D eigenvalue weighted by Gasteiger charge is 2.14. The molecule has 0 aromatic heterocycles. The van der Waals surface area contributed by atoms with Gasteiger partial charge in [-0.15, -0.1) is 0 Å². The van der Waals surface area contributed by atoms with Gasteiger partial charge in [-0.05, 0) is 45.1 Å². The van der Waals surface area contributed by atoms with Crippen molar-refractivity contribution in [3.8, 4) is 11.5 Å². The maximum atomic E-state index is 12.3. The molecule has 2 rings (SSSR count). The molecule has 1 aliphatic heterocycles. The van der Waals surface area contributed by atoms with Crippen LogP contribution >= 0.6 is 0 Å². The largest absolute Gasteiger partial charge is 0.493 e. The monoisotopic (exact) mass is 335 g/mol. The molecule has 1 aromatic rings. The quantitative estimate of drug-likeness (QED) is 0.729. The SMILES string of the molecule is CCOc1cc(C(=O)NCCCN2CCN(C)CC2)ccc1OC. The van der Waals surface area contributed by atoms with E-state index in [1.54, 1.807) is 25.3 Å². The molecule has 1 amide bonds. The number of benzene rings is 1. The fraction of sp³-hybridized carbons (Fsp3) is 0.611. The number of carbonyl (C=O) groups is 1. The van der Waals surface area contributed by atoms with Crippen LogP contribution in [0.3, 0.4) is 0 Å². The maximum Gasteiger partial charge on any atom is 0.251 e. The Bertz CT molecular complexity index is 528. The third-order valence-corrected chi connectivity index (χ3v) is 4.26. The summed E-state index contributed by atoms with van der Waals surface area (Å²) in [4.78, 5) is 17.1. The Hall–Kier alpha value is -1.79. The zero-order valence-corrected chi connectivity index (χ0v) is 15.0. The number of methoxy groups -OCH3 is 1. The van der Waals surface area contributed by atoms with Gasteiger partial charge >= 0.3 is 0 Å². The summed E-state index contributed by atoms with van der Waals surface area (Å²) in [7, 11) is 3.75. The lowest BCUT2D eigenvalue weighted by Gasteiger charge is -2.32. The van der Waals surface area contributed by atoms with Gasteiger partial charge in [0.25, 0.3) is 5.91 Å². The topological polar surface area (TPSA) is 54.0 Å². The van der Waals surface area contributed by atoms with Crippen LogP contribution in [-0.4, -0.2) is 75.7 Å². The van der Waals surface area contributed by atoms with Crippen molar-refractivity contribution in [2.24, 2.45) is 0 Å². The molecule has 0 atom stereocenters. The van der Waals surface area contributed by atoms with Crippen LogP contribution in [0.5, 0.6) is 11.5 Å². The summed E-state index contributed by atoms with van der Waals surface area (Å²) in [6.45, 7) is 8.62. The molecular formula is C18H29N3O3. The van der Waals surface area contributed by atoms with Gasteiger partial charge in [0.15, 0.2) is 11.5 Å². The summed E-state index contributed by atoms with van der Waals surface area (Å²) in [5, 5.41) is 2.98. The lowest BCUT2D eigenvalue weighted by atomic mass is 10.2. The van der Waals surface area contributed by atoms with Gasteiger partial charge in [0.2, 0.25) is 0 Å². The van der Waals surface area contributed by atoms with Crippen LogP contribution in [-0.2, 0) is 0 Å². The predicted octanol–water partition coefficient (Wildman–Crippen LogP) is 1.46. The standard InChI is InChI=1S/C18H29N3O3/c1-4-24-17-14-15(6-7-16(17)23-3)18(22)19-8-5-9-21-12-10-20(2)11-13-21/h6-7,14H,4-5,8-13H2,1-3H3,(H,19,22). The van der Waals surface area contributed by atoms with Gasteiger partial charge in [-0.3, -0.25) is 4.79 Å². The normalized spacial score (nSPS) is 16.0. The molecule has 1 aromatic carbocycles. The molecule has 0 aliphatic carbocycles. The average Bonchev–Trinajstić information content (AvgIpc) is 2.60. The van der Waals surface area contributed by atoms with Crippen LogP contribution < -0.4 is 14.8 Å². The molecule has 6 heteroatoms. The summed E-state index contributed by atoms with van der Waals surface area (Å²) < 4.78 is 10.8. The summed E-state index contributed by atoms with van der Waals surface area (Å²) in [5.41, 5.74) is 0.596. The molecule has 0 radical (unpaired) electrons. The Labute approximate surface area is 144 Å². The van der Waals surface area contributed by atoms with Gasteiger partial charge in [-0.25, -0.2) is 0 Å². The zero-order chi connectivity index (χ0) is 17.4. The van der Waals surface area contributed by atoms with E-state index < -0.39 is 0 Å². The summed E-state index contributed by atoms with van der Waals surface area (Å²) in [6.07, 6.45) is 0.962. The van der Waals surface area contributed by atoms with E-state index in [4.69, 9.17) is 9.47 Å². The van der Waals surface area contributed by atoms with E-state index in [9.17, 15) is 4.79 Å². The first kappa shape index (κ1) is 18.5. The van der Waals surface area contributed by atoms with E-state index >= 15 is 0 Å². The van der Waals surface area contributed by atoms with Crippen LogP contribution in [0.1, 0.15) is 23.7 Å². The number of hydrogen-bond acceptors (Lipinski definition) is 5. The first-order valence-corrected chi connectivity index (χ1v) is 8.64. The second-order valence-electron chi connectivity index (χ2n) is 6.05. The highest BCUT2D eigenvalue weighted by molar-refractivity contribution is 5.94. The maximum absolute atomic E-state index is 12.3. The van der Waals surface area contributed by atoms with Gasteiger partial charge in [0.05, 0.1) is 13.7 Å². The minimum Gasteiger partial charge on any atom is -0.493 e. The Kier molecular flexibility index (Phi) is 7.34. The molecule has 134 valence electrons. The molecule has 1 fully saturated rings. The number of piperazine rings is 1. The molecule has 1 saturated heterocycles. The Morgan fingerprint density at radius 1 is 1.21 bits per heavy atom. The number of carbonyl (C=O) groups excluding carboxylic acids is 1. The van der Waals surface area contributed by atoms with Crippen LogP contribution in [0, 0.1) is 0 Å². The molecule has 24 heavy (non-hydrogen) atoms. The first-order chi connectivity index (χ1) is 11.6. The van der Waals surface area contributed by atoms with Crippen molar-refractivity contribution in [3.63, 3.8) is 0 Å². The Morgan fingerprint density at radius 3 is 2.62 bits per heavy atom. The van der Waals surface area contributed by atoms with Crippen molar-refractivity contribution in [3.05, 3.63) is 23.8 Å². The van der Waals surface area contributed by atoms with Crippen molar-refractivity contribution in [2.75, 3.05) is 60.0 Å². The molecule has 1 N–H and O–H groups in total. The van der Waals surface area contributed by atoms with Crippen molar-refractivity contribution < 1.29 is 14.3 Å². The number of ether oxygens (including phenoxy) is 2. The molecule has 0 spiro atoms. The van der Waals surface area contributed by atoms with Crippen molar-refractivity contribution in [2.45, 2.75) is 13.3 Å². The van der Waals surface area contributed by atoms with Gasteiger partial charge < -0.3 is 24.6 Å². The van der Waals surface area contributed by atoms with E-state index in [2.05, 4.69) is 22.2 Å². The van der Waals surface area contributed by atoms with E-state index in [0.717, 1.165) is 39.1 Å². The van der Waals surface area contributed by atoms with E-state index in [-0.39, 0.29) is 5.91 Å². The zero-order valence-electron chi connectivity index (χ0n) is 15.0. The molecule has 0 bridgehead atoms. The molecular weight excluding hydrogens is 306 g/mol. The number of rotatable bonds is 8. The lowest BCUT2D eigenvalue weighted by molar-refractivity contribution is 0.0949. The summed E-state index contributed by atoms with van der Waals surface area (Å²) >= 11 is 0. The number of hydrogen-bond donors (Lipinski definition) is 1. The van der Waals surface area contributed by atoms with Crippen LogP contribution in [0.15, 0.2) is 18.2 Å². The summed E-state index contributed by atoms with van der Waals surface area (Å²) in [5.74, 6) is 1.17. The van der Waals surface area contributed by atoms with E-state index in [1.165, 1.54) is 0 Å². The van der Waals surface area contributed by atoms with Crippen molar-refractivity contribution in [1.29, 1.82) is 0 Å². The Balaban J connectivity index is 1.77. The number of nitrogens with zero attached hydrogens (tertiary/aromatic N) is 2. The number of nitrogens with one attached hydrogen (secondary N) is 1. The highest BCUT2D eigenvalue weighted by atomic mass is 16.5. The molecule has 1 aliphatic rings. The van der Waals surface area contributed by atoms with Crippen molar-refractivity contribution in [1.82, 2.24) is 15.1 Å². The third kappa shape index (κ3) is 5.39. The molecule has 6 nitrogen and oxygen atoms in total. The highest BCUT2D eigenvalue weighted by Crippen LogP contribution is 2.27. The minimum absolute atomic E-state index is 0.0722. The Morgan fingerprint density at radius 2 is 1.96 bits per heavy atom. The molecule has 1 heterocycles. The second-order valence-corrected chi connectivity index (χ2v) is 6.05. The second kappa shape index (κ2) is 9.49. The lowest BCUT2D eigenvalue weighted by Crippen LogP contribution is -2.45. The smallest absolute Gasteiger partial charge is 0.251 e. The van der Waals surface area contributed by atoms with E-state index in [1.807, 2.05) is 6.92 Å². The van der Waals surface area contributed by atoms with Crippen LogP contribution in [0.2, 0.25) is 0 Å². The van der Waals surface area contributed by atoms with Gasteiger partial charge in [-0.1, -0.05) is 0 Å². The minimum atomic E-state index is -0.0722. The van der Waals surface area contributed by atoms with Crippen LogP contribution in [0.25, 0.3) is 0 Å². The van der Waals surface area contributed by atoms with Gasteiger partial charge in [-0.2, -0.15) is 0 Å². The van der Waals surface area contributed by atoms with Gasteiger partial charge in [0.1, 0.15) is 0 Å². The fourth-order valence-electron chi connectivity index (χ4n) is 2.76. The number of amides is 1. The molecule has 0 unspecified atom stereocenters. The first-order valence-electron chi connectivity index (χ1n) is 8.64. The number of likely N-dealkylation sites (N-methyl/N-ethyl adjacent to an activating group) is 1. The summed E-state index contributed by atoms with van der Waals surface area (Å²) in [6, 6.07) is 5.26. The van der Waals surface area contributed by atoms with Gasteiger partial charge in [0, 0.05) is 38.3 Å². The predicted molar refractivity (Wildman–Crippen MR) is 95.1 cm³/mol. The van der Waals surface area contributed by atoms with E-state index in [0.29, 0.717) is 30.2 Å². The fourth-order valence-corrected chi connectivity index (χ4v) is 2.76. The molecule has 0 saturated carbocycles. The third-order valence-electron chi connectivity index (χ3n) is 4.26. The van der Waals surface area contributed by atoms with Crippen LogP contribution in [0.4, 0.5) is 0 Å². The van der Waals surface area contributed by atoms with Crippen molar-refractivity contribution >= 4 is 5.91 Å². The average molecular weight is 335 g/mol.